The summed E-state index contributed by atoms with van der Waals surface area (Å²) < 4.78 is 0. The molecule has 2 heterocycles. The van der Waals surface area contributed by atoms with Crippen LogP contribution in [0.5, 0.6) is 0 Å². The molecule has 2 rings (SSSR count). The van der Waals surface area contributed by atoms with Gasteiger partial charge in [-0.25, -0.2) is 0 Å². The van der Waals surface area contributed by atoms with Crippen molar-refractivity contribution in [1.29, 1.82) is 0 Å². The third-order valence-corrected chi connectivity index (χ3v) is 2.47. The van der Waals surface area contributed by atoms with Gasteiger partial charge in [-0.3, -0.25) is 9.69 Å². The predicted octanol–water partition coefficient (Wildman–Crippen LogP) is 1.35. The molecule has 0 spiro atoms. The lowest BCUT2D eigenvalue weighted by atomic mass is 10.1. The Bertz CT molecular complexity index is 254. The molecule has 1 fully saturated rings. The molecular formula is C9H13N3O. The summed E-state index contributed by atoms with van der Waals surface area (Å²) >= 11 is 0. The third-order valence-electron chi connectivity index (χ3n) is 2.47. The summed E-state index contributed by atoms with van der Waals surface area (Å²) in [7, 11) is 0. The standard InChI is InChI=1S/C9H13N3O/c13-8-4-5-10-11-9(8)12-6-2-1-3-7-12/h4-5,9H,1-3,6-7H2. The second kappa shape index (κ2) is 3.79. The Labute approximate surface area is 77.3 Å². The van der Waals surface area contributed by atoms with Gasteiger partial charge in [-0.15, -0.1) is 0 Å². The Hall–Kier alpha value is -1.03. The van der Waals surface area contributed by atoms with Gasteiger partial charge in [0, 0.05) is 19.2 Å². The maximum Gasteiger partial charge on any atom is 0.198 e. The van der Waals surface area contributed by atoms with Crippen molar-refractivity contribution < 1.29 is 4.79 Å². The number of ketones is 1. The Morgan fingerprint density at radius 1 is 1.31 bits per heavy atom. The molecule has 2 aliphatic heterocycles. The summed E-state index contributed by atoms with van der Waals surface area (Å²) in [6.45, 7) is 1.95. The topological polar surface area (TPSA) is 45.0 Å². The average Bonchev–Trinajstić information content (AvgIpc) is 2.20. The van der Waals surface area contributed by atoms with Crippen molar-refractivity contribution >= 4 is 5.78 Å². The highest BCUT2D eigenvalue weighted by atomic mass is 16.1. The van der Waals surface area contributed by atoms with Crippen LogP contribution in [0.25, 0.3) is 0 Å². The van der Waals surface area contributed by atoms with Gasteiger partial charge in [0.15, 0.2) is 11.9 Å². The first kappa shape index (κ1) is 8.56. The van der Waals surface area contributed by atoms with Crippen LogP contribution in [0.15, 0.2) is 22.5 Å². The summed E-state index contributed by atoms with van der Waals surface area (Å²) in [5, 5.41) is 7.71. The predicted molar refractivity (Wildman–Crippen MR) is 48.2 cm³/mol. The highest BCUT2D eigenvalue weighted by molar-refractivity contribution is 5.94. The number of carbonyl (C=O) groups is 1. The SMILES string of the molecule is O=C1C=CN=NC1N1CCCCC1. The molecular weight excluding hydrogens is 166 g/mol. The van der Waals surface area contributed by atoms with Crippen LogP contribution in [-0.2, 0) is 4.79 Å². The van der Waals surface area contributed by atoms with Crippen LogP contribution >= 0.6 is 0 Å². The lowest BCUT2D eigenvalue weighted by molar-refractivity contribution is -0.120. The molecule has 2 aliphatic rings. The minimum atomic E-state index is -0.328. The van der Waals surface area contributed by atoms with Crippen LogP contribution in [0, 0.1) is 0 Å². The molecule has 1 unspecified atom stereocenters. The van der Waals surface area contributed by atoms with Gasteiger partial charge in [-0.2, -0.15) is 10.2 Å². The van der Waals surface area contributed by atoms with Crippen LogP contribution in [0.1, 0.15) is 19.3 Å². The van der Waals surface area contributed by atoms with E-state index in [0.29, 0.717) is 0 Å². The van der Waals surface area contributed by atoms with E-state index in [-0.39, 0.29) is 11.9 Å². The van der Waals surface area contributed by atoms with Gasteiger partial charge in [0.1, 0.15) is 0 Å². The van der Waals surface area contributed by atoms with Crippen molar-refractivity contribution in [3.05, 3.63) is 12.3 Å². The number of carbonyl (C=O) groups excluding carboxylic acids is 1. The Morgan fingerprint density at radius 3 is 2.77 bits per heavy atom. The molecule has 0 aromatic rings. The fourth-order valence-electron chi connectivity index (χ4n) is 1.77. The van der Waals surface area contributed by atoms with Crippen molar-refractivity contribution in [2.24, 2.45) is 10.2 Å². The minimum absolute atomic E-state index is 0.0666. The fraction of sp³-hybridized carbons (Fsp3) is 0.667. The minimum Gasteiger partial charge on any atom is -0.291 e. The number of likely N-dealkylation sites (tertiary alicyclic amines) is 1. The number of hydrogen-bond acceptors (Lipinski definition) is 4. The summed E-state index contributed by atoms with van der Waals surface area (Å²) in [6, 6.07) is 0. The van der Waals surface area contributed by atoms with E-state index < -0.39 is 0 Å². The van der Waals surface area contributed by atoms with E-state index in [4.69, 9.17) is 0 Å². The number of hydrogen-bond donors (Lipinski definition) is 0. The zero-order valence-corrected chi connectivity index (χ0v) is 7.52. The van der Waals surface area contributed by atoms with E-state index >= 15 is 0 Å². The van der Waals surface area contributed by atoms with E-state index in [2.05, 4.69) is 15.1 Å². The Balaban J connectivity index is 2.02. The Kier molecular flexibility index (Phi) is 2.49. The Morgan fingerprint density at radius 2 is 2.08 bits per heavy atom. The molecule has 0 aliphatic carbocycles. The normalized spacial score (nSPS) is 29.5. The number of nitrogens with zero attached hydrogens (tertiary/aromatic N) is 3. The molecule has 0 aromatic heterocycles. The van der Waals surface area contributed by atoms with Crippen molar-refractivity contribution in [1.82, 2.24) is 4.90 Å². The van der Waals surface area contributed by atoms with Crippen LogP contribution in [0.3, 0.4) is 0 Å². The van der Waals surface area contributed by atoms with Crippen LogP contribution in [-0.4, -0.2) is 29.9 Å². The average molecular weight is 179 g/mol. The van der Waals surface area contributed by atoms with Gasteiger partial charge in [-0.1, -0.05) is 6.42 Å². The summed E-state index contributed by atoms with van der Waals surface area (Å²) in [5.41, 5.74) is 0. The quantitative estimate of drug-likeness (QED) is 0.609. The van der Waals surface area contributed by atoms with E-state index in [1.54, 1.807) is 0 Å². The van der Waals surface area contributed by atoms with E-state index in [9.17, 15) is 4.79 Å². The highest BCUT2D eigenvalue weighted by Crippen LogP contribution is 2.15. The number of rotatable bonds is 1. The molecule has 4 nitrogen and oxygen atoms in total. The molecule has 13 heavy (non-hydrogen) atoms. The molecule has 1 atom stereocenters. The first-order valence-corrected chi connectivity index (χ1v) is 4.72. The third kappa shape index (κ3) is 1.83. The fourth-order valence-corrected chi connectivity index (χ4v) is 1.77. The molecule has 0 saturated carbocycles. The zero-order valence-electron chi connectivity index (χ0n) is 7.52. The second-order valence-electron chi connectivity index (χ2n) is 3.42. The van der Waals surface area contributed by atoms with Gasteiger partial charge in [0.25, 0.3) is 0 Å². The van der Waals surface area contributed by atoms with Gasteiger partial charge in [-0.05, 0) is 12.8 Å². The summed E-state index contributed by atoms with van der Waals surface area (Å²) in [4.78, 5) is 13.5. The maximum absolute atomic E-state index is 11.4. The van der Waals surface area contributed by atoms with Crippen molar-refractivity contribution in [2.45, 2.75) is 25.4 Å². The van der Waals surface area contributed by atoms with Crippen molar-refractivity contribution in [3.8, 4) is 0 Å². The van der Waals surface area contributed by atoms with E-state index in [1.807, 2.05) is 0 Å². The summed E-state index contributed by atoms with van der Waals surface area (Å²) in [5.74, 6) is 0.0666. The lowest BCUT2D eigenvalue weighted by Crippen LogP contribution is -2.42. The van der Waals surface area contributed by atoms with Gasteiger partial charge < -0.3 is 0 Å². The molecule has 0 radical (unpaired) electrons. The first-order valence-electron chi connectivity index (χ1n) is 4.72. The van der Waals surface area contributed by atoms with Crippen molar-refractivity contribution in [3.63, 3.8) is 0 Å². The van der Waals surface area contributed by atoms with Gasteiger partial charge in [0.2, 0.25) is 0 Å². The summed E-state index contributed by atoms with van der Waals surface area (Å²) in [6.07, 6.45) is 6.25. The van der Waals surface area contributed by atoms with Crippen LogP contribution in [0.2, 0.25) is 0 Å². The molecule has 4 heteroatoms. The molecule has 70 valence electrons. The molecule has 1 saturated heterocycles. The second-order valence-corrected chi connectivity index (χ2v) is 3.42. The van der Waals surface area contributed by atoms with E-state index in [1.165, 1.54) is 31.5 Å². The lowest BCUT2D eigenvalue weighted by Gasteiger charge is -2.30. The monoisotopic (exact) mass is 179 g/mol. The molecule has 0 aromatic carbocycles. The van der Waals surface area contributed by atoms with Gasteiger partial charge >= 0.3 is 0 Å². The molecule has 0 amide bonds. The highest BCUT2D eigenvalue weighted by Gasteiger charge is 2.26. The van der Waals surface area contributed by atoms with Gasteiger partial charge in [0.05, 0.1) is 6.20 Å². The zero-order chi connectivity index (χ0) is 9.10. The smallest absolute Gasteiger partial charge is 0.198 e. The molecule has 0 bridgehead atoms. The van der Waals surface area contributed by atoms with E-state index in [0.717, 1.165) is 13.1 Å². The van der Waals surface area contributed by atoms with Crippen LogP contribution < -0.4 is 0 Å². The maximum atomic E-state index is 11.4. The molecule has 0 N–H and O–H groups in total. The largest absolute Gasteiger partial charge is 0.291 e. The van der Waals surface area contributed by atoms with Crippen LogP contribution in [0.4, 0.5) is 0 Å². The first-order chi connectivity index (χ1) is 6.38. The number of piperidine rings is 1. The van der Waals surface area contributed by atoms with Crippen molar-refractivity contribution in [2.75, 3.05) is 13.1 Å². The number of azo groups is 1.